The Morgan fingerprint density at radius 1 is 1.57 bits per heavy atom. The van der Waals surface area contributed by atoms with Gasteiger partial charge in [0, 0.05) is 16.4 Å². The van der Waals surface area contributed by atoms with Crippen LogP contribution in [-0.2, 0) is 5.41 Å². The second-order valence-corrected chi connectivity index (χ2v) is 4.68. The molecule has 0 spiro atoms. The van der Waals surface area contributed by atoms with Crippen molar-refractivity contribution in [1.29, 1.82) is 0 Å². The van der Waals surface area contributed by atoms with Gasteiger partial charge in [-0.2, -0.15) is 0 Å². The molecule has 0 radical (unpaired) electrons. The van der Waals surface area contributed by atoms with Crippen LogP contribution in [0, 0.1) is 0 Å². The maximum Gasteiger partial charge on any atom is 0.0178 e. The maximum absolute atomic E-state index is 5.81. The molecule has 1 unspecified atom stereocenters. The molecule has 1 nitrogen and oxygen atoms in total. The molecule has 0 saturated carbocycles. The van der Waals surface area contributed by atoms with E-state index >= 15 is 0 Å². The predicted molar refractivity (Wildman–Crippen MR) is 65.4 cm³/mol. The molecule has 0 aliphatic heterocycles. The van der Waals surface area contributed by atoms with Crippen molar-refractivity contribution in [2.75, 3.05) is 6.54 Å². The molecule has 0 saturated heterocycles. The zero-order chi connectivity index (χ0) is 10.6. The minimum Gasteiger partial charge on any atom is -0.330 e. The molecule has 0 amide bonds. The Balaban J connectivity index is 3.05. The van der Waals surface area contributed by atoms with Crippen LogP contribution in [0.25, 0.3) is 0 Å². The number of hydrogen-bond acceptors (Lipinski definition) is 1. The van der Waals surface area contributed by atoms with Crippen LogP contribution in [0.1, 0.15) is 18.9 Å². The average Bonchev–Trinajstić information content (AvgIpc) is 2.18. The highest BCUT2D eigenvalue weighted by Crippen LogP contribution is 2.28. The van der Waals surface area contributed by atoms with Gasteiger partial charge in [0.2, 0.25) is 0 Å². The predicted octanol–water partition coefficient (Wildman–Crippen LogP) is 3.24. The summed E-state index contributed by atoms with van der Waals surface area (Å²) in [5.41, 5.74) is 7.08. The summed E-state index contributed by atoms with van der Waals surface area (Å²) in [5, 5.41) is 0. The van der Waals surface area contributed by atoms with Crippen LogP contribution in [0.15, 0.2) is 41.4 Å². The average molecular weight is 254 g/mol. The van der Waals surface area contributed by atoms with E-state index in [0.29, 0.717) is 6.54 Å². The SMILES string of the molecule is C=CCC(C)(CN)c1cccc(Br)c1. The minimum absolute atomic E-state index is 0.00549. The molecule has 0 aromatic heterocycles. The standard InChI is InChI=1S/C12H16BrN/c1-3-7-12(2,9-14)10-5-4-6-11(13)8-10/h3-6,8H,1,7,9,14H2,2H3. The first-order chi connectivity index (χ1) is 6.62. The van der Waals surface area contributed by atoms with Crippen molar-refractivity contribution in [3.05, 3.63) is 47.0 Å². The van der Waals surface area contributed by atoms with E-state index < -0.39 is 0 Å². The van der Waals surface area contributed by atoms with E-state index in [1.54, 1.807) is 0 Å². The summed E-state index contributed by atoms with van der Waals surface area (Å²) in [4.78, 5) is 0. The van der Waals surface area contributed by atoms with Gasteiger partial charge in [-0.1, -0.05) is 41.1 Å². The first kappa shape index (κ1) is 11.5. The van der Waals surface area contributed by atoms with Gasteiger partial charge in [-0.3, -0.25) is 0 Å². The maximum atomic E-state index is 5.81. The minimum atomic E-state index is 0.00549. The third-order valence-electron chi connectivity index (χ3n) is 2.57. The Morgan fingerprint density at radius 3 is 2.79 bits per heavy atom. The molecular weight excluding hydrogens is 238 g/mol. The van der Waals surface area contributed by atoms with E-state index in [1.165, 1.54) is 5.56 Å². The van der Waals surface area contributed by atoms with Crippen molar-refractivity contribution < 1.29 is 0 Å². The number of nitrogens with two attached hydrogens (primary N) is 1. The molecule has 0 fully saturated rings. The van der Waals surface area contributed by atoms with E-state index in [1.807, 2.05) is 18.2 Å². The lowest BCUT2D eigenvalue weighted by atomic mass is 9.80. The lowest BCUT2D eigenvalue weighted by molar-refractivity contribution is 0.491. The van der Waals surface area contributed by atoms with Gasteiger partial charge in [0.15, 0.2) is 0 Å². The summed E-state index contributed by atoms with van der Waals surface area (Å²) in [5.74, 6) is 0. The molecule has 1 aromatic carbocycles. The first-order valence-electron chi connectivity index (χ1n) is 4.69. The fourth-order valence-electron chi connectivity index (χ4n) is 1.50. The van der Waals surface area contributed by atoms with Crippen LogP contribution in [0.3, 0.4) is 0 Å². The van der Waals surface area contributed by atoms with E-state index in [4.69, 9.17) is 5.73 Å². The van der Waals surface area contributed by atoms with Gasteiger partial charge >= 0.3 is 0 Å². The van der Waals surface area contributed by atoms with E-state index in [9.17, 15) is 0 Å². The monoisotopic (exact) mass is 253 g/mol. The molecule has 1 atom stereocenters. The van der Waals surface area contributed by atoms with Crippen LogP contribution < -0.4 is 5.73 Å². The van der Waals surface area contributed by atoms with E-state index in [0.717, 1.165) is 10.9 Å². The Kier molecular flexibility index (Phi) is 3.90. The summed E-state index contributed by atoms with van der Waals surface area (Å²) in [6.07, 6.45) is 2.83. The van der Waals surface area contributed by atoms with Crippen molar-refractivity contribution in [2.45, 2.75) is 18.8 Å². The Hall–Kier alpha value is -0.600. The molecule has 2 heteroatoms. The van der Waals surface area contributed by atoms with Gasteiger partial charge in [-0.05, 0) is 24.1 Å². The summed E-state index contributed by atoms with van der Waals surface area (Å²) >= 11 is 3.47. The lowest BCUT2D eigenvalue weighted by Gasteiger charge is -2.27. The van der Waals surface area contributed by atoms with Crippen LogP contribution in [0.4, 0.5) is 0 Å². The third-order valence-corrected chi connectivity index (χ3v) is 3.06. The summed E-state index contributed by atoms with van der Waals surface area (Å²) < 4.78 is 1.10. The van der Waals surface area contributed by atoms with Crippen molar-refractivity contribution in [3.63, 3.8) is 0 Å². The lowest BCUT2D eigenvalue weighted by Crippen LogP contribution is -2.31. The van der Waals surface area contributed by atoms with Gasteiger partial charge in [-0.15, -0.1) is 6.58 Å². The Bertz CT molecular complexity index is 322. The first-order valence-corrected chi connectivity index (χ1v) is 5.49. The van der Waals surface area contributed by atoms with E-state index in [2.05, 4.69) is 41.6 Å². The van der Waals surface area contributed by atoms with Gasteiger partial charge in [0.05, 0.1) is 0 Å². The van der Waals surface area contributed by atoms with Gasteiger partial charge in [0.1, 0.15) is 0 Å². The molecule has 14 heavy (non-hydrogen) atoms. The summed E-state index contributed by atoms with van der Waals surface area (Å²) in [6, 6.07) is 8.29. The number of rotatable bonds is 4. The van der Waals surface area contributed by atoms with E-state index in [-0.39, 0.29) is 5.41 Å². The van der Waals surface area contributed by atoms with Crippen LogP contribution in [0.5, 0.6) is 0 Å². The number of benzene rings is 1. The molecule has 2 N–H and O–H groups in total. The third kappa shape index (κ3) is 2.46. The number of hydrogen-bond donors (Lipinski definition) is 1. The van der Waals surface area contributed by atoms with Gasteiger partial charge < -0.3 is 5.73 Å². The summed E-state index contributed by atoms with van der Waals surface area (Å²) in [6.45, 7) is 6.57. The quantitative estimate of drug-likeness (QED) is 0.820. The molecule has 0 heterocycles. The fourth-order valence-corrected chi connectivity index (χ4v) is 1.90. The zero-order valence-corrected chi connectivity index (χ0v) is 10.0. The molecular formula is C12H16BrN. The summed E-state index contributed by atoms with van der Waals surface area (Å²) in [7, 11) is 0. The van der Waals surface area contributed by atoms with Crippen molar-refractivity contribution in [3.8, 4) is 0 Å². The highest BCUT2D eigenvalue weighted by atomic mass is 79.9. The van der Waals surface area contributed by atoms with Crippen LogP contribution in [0.2, 0.25) is 0 Å². The molecule has 1 rings (SSSR count). The second kappa shape index (κ2) is 4.76. The highest BCUT2D eigenvalue weighted by molar-refractivity contribution is 9.10. The van der Waals surface area contributed by atoms with Crippen LogP contribution in [-0.4, -0.2) is 6.54 Å². The highest BCUT2D eigenvalue weighted by Gasteiger charge is 2.23. The van der Waals surface area contributed by atoms with Gasteiger partial charge in [-0.25, -0.2) is 0 Å². The zero-order valence-electron chi connectivity index (χ0n) is 8.46. The van der Waals surface area contributed by atoms with Crippen molar-refractivity contribution in [1.82, 2.24) is 0 Å². The van der Waals surface area contributed by atoms with Crippen molar-refractivity contribution in [2.24, 2.45) is 5.73 Å². The largest absolute Gasteiger partial charge is 0.330 e. The van der Waals surface area contributed by atoms with Gasteiger partial charge in [0.25, 0.3) is 0 Å². The van der Waals surface area contributed by atoms with Crippen LogP contribution >= 0.6 is 15.9 Å². The number of allylic oxidation sites excluding steroid dienone is 1. The number of halogens is 1. The molecule has 1 aromatic rings. The molecule has 0 aliphatic rings. The molecule has 0 aliphatic carbocycles. The normalized spacial score (nSPS) is 14.8. The molecule has 0 bridgehead atoms. The Labute approximate surface area is 94.1 Å². The second-order valence-electron chi connectivity index (χ2n) is 3.77. The molecule has 76 valence electrons. The Morgan fingerprint density at radius 2 is 2.29 bits per heavy atom. The fraction of sp³-hybridized carbons (Fsp3) is 0.333. The smallest absolute Gasteiger partial charge is 0.0178 e. The topological polar surface area (TPSA) is 26.0 Å². The van der Waals surface area contributed by atoms with Crippen molar-refractivity contribution >= 4 is 15.9 Å².